The van der Waals surface area contributed by atoms with Crippen LogP contribution < -0.4 is 20.7 Å². The molecule has 0 radical (unpaired) electrons. The van der Waals surface area contributed by atoms with E-state index in [2.05, 4.69) is 16.0 Å². The highest BCUT2D eigenvalue weighted by atomic mass is 16.5. The van der Waals surface area contributed by atoms with E-state index in [1.54, 1.807) is 36.4 Å². The Morgan fingerprint density at radius 3 is 2.00 bits per heavy atom. The minimum Gasteiger partial charge on any atom is -0.483 e. The van der Waals surface area contributed by atoms with E-state index < -0.39 is 0 Å². The molecule has 0 bridgehead atoms. The van der Waals surface area contributed by atoms with Crippen LogP contribution in [-0.2, 0) is 4.79 Å². The molecule has 0 aromatic heterocycles. The first-order valence-corrected chi connectivity index (χ1v) is 9.22. The van der Waals surface area contributed by atoms with Crippen molar-refractivity contribution in [3.63, 3.8) is 0 Å². The maximum Gasteiger partial charge on any atom is 0.323 e. The smallest absolute Gasteiger partial charge is 0.323 e. The second-order valence-electron chi connectivity index (χ2n) is 6.63. The molecule has 0 heterocycles. The first-order valence-electron chi connectivity index (χ1n) is 9.22. The van der Waals surface area contributed by atoms with Crippen LogP contribution >= 0.6 is 0 Å². The molecule has 3 rings (SSSR count). The monoisotopic (exact) mass is 389 g/mol. The van der Waals surface area contributed by atoms with Crippen LogP contribution in [0.25, 0.3) is 0 Å². The molecule has 0 saturated carbocycles. The van der Waals surface area contributed by atoms with Crippen molar-refractivity contribution < 1.29 is 14.3 Å². The molecular weight excluding hydrogens is 366 g/mol. The van der Waals surface area contributed by atoms with Gasteiger partial charge in [0.2, 0.25) is 0 Å². The van der Waals surface area contributed by atoms with Crippen LogP contribution in [0.3, 0.4) is 0 Å². The number of anilines is 3. The Bertz CT molecular complexity index is 986. The largest absolute Gasteiger partial charge is 0.483 e. The number of hydrogen-bond donors (Lipinski definition) is 3. The first kappa shape index (κ1) is 19.9. The van der Waals surface area contributed by atoms with Crippen molar-refractivity contribution in [1.82, 2.24) is 0 Å². The first-order chi connectivity index (χ1) is 14.0. The van der Waals surface area contributed by atoms with Gasteiger partial charge in [0, 0.05) is 17.1 Å². The number of aryl methyl sites for hydroxylation is 2. The molecule has 0 unspecified atom stereocenters. The number of carbonyl (C=O) groups excluding carboxylic acids is 2. The Hall–Kier alpha value is -3.80. The Morgan fingerprint density at radius 2 is 1.34 bits per heavy atom. The molecule has 6 nitrogen and oxygen atoms in total. The number of nitrogens with one attached hydrogen (secondary N) is 3. The van der Waals surface area contributed by atoms with Gasteiger partial charge in [0.25, 0.3) is 5.91 Å². The molecule has 3 aromatic carbocycles. The molecule has 3 N–H and O–H groups in total. The van der Waals surface area contributed by atoms with E-state index in [0.717, 1.165) is 11.1 Å². The minimum atomic E-state index is -0.338. The Morgan fingerprint density at radius 1 is 0.759 bits per heavy atom. The lowest BCUT2D eigenvalue weighted by Gasteiger charge is -2.11. The van der Waals surface area contributed by atoms with E-state index in [9.17, 15) is 9.59 Å². The van der Waals surface area contributed by atoms with Gasteiger partial charge in [0.15, 0.2) is 6.61 Å². The molecule has 0 aliphatic heterocycles. The summed E-state index contributed by atoms with van der Waals surface area (Å²) in [6.45, 7) is 3.83. The van der Waals surface area contributed by atoms with Gasteiger partial charge < -0.3 is 20.7 Å². The lowest BCUT2D eigenvalue weighted by molar-refractivity contribution is -0.118. The number of urea groups is 1. The third-order valence-electron chi connectivity index (χ3n) is 4.16. The fourth-order valence-electron chi connectivity index (χ4n) is 2.66. The Kier molecular flexibility index (Phi) is 6.47. The van der Waals surface area contributed by atoms with Gasteiger partial charge in [-0.15, -0.1) is 0 Å². The summed E-state index contributed by atoms with van der Waals surface area (Å²) in [5.74, 6) is 0.442. The Labute approximate surface area is 169 Å². The van der Waals surface area contributed by atoms with Crippen LogP contribution in [0.1, 0.15) is 11.1 Å². The second-order valence-corrected chi connectivity index (χ2v) is 6.63. The van der Waals surface area contributed by atoms with Crippen molar-refractivity contribution >= 4 is 29.0 Å². The normalized spacial score (nSPS) is 10.1. The quantitative estimate of drug-likeness (QED) is 0.557. The lowest BCUT2D eigenvalue weighted by Crippen LogP contribution is -2.21. The molecule has 0 saturated heterocycles. The van der Waals surface area contributed by atoms with Crippen molar-refractivity contribution in [3.8, 4) is 5.75 Å². The van der Waals surface area contributed by atoms with Gasteiger partial charge in [-0.3, -0.25) is 4.79 Å². The van der Waals surface area contributed by atoms with Crippen molar-refractivity contribution in [1.29, 1.82) is 0 Å². The van der Waals surface area contributed by atoms with Gasteiger partial charge in [-0.25, -0.2) is 4.79 Å². The van der Waals surface area contributed by atoms with Gasteiger partial charge >= 0.3 is 6.03 Å². The zero-order valence-electron chi connectivity index (χ0n) is 16.4. The Balaban J connectivity index is 1.49. The molecule has 3 amide bonds. The molecule has 29 heavy (non-hydrogen) atoms. The number of hydrogen-bond acceptors (Lipinski definition) is 3. The molecule has 3 aromatic rings. The third kappa shape index (κ3) is 6.10. The third-order valence-corrected chi connectivity index (χ3v) is 4.16. The van der Waals surface area contributed by atoms with E-state index in [1.165, 1.54) is 0 Å². The zero-order chi connectivity index (χ0) is 20.6. The van der Waals surface area contributed by atoms with Crippen LogP contribution in [0.2, 0.25) is 0 Å². The highest BCUT2D eigenvalue weighted by molar-refractivity contribution is 6.00. The number of benzene rings is 3. The second kappa shape index (κ2) is 9.41. The minimum absolute atomic E-state index is 0.0796. The predicted molar refractivity (Wildman–Crippen MR) is 116 cm³/mol. The summed E-state index contributed by atoms with van der Waals surface area (Å²) in [5.41, 5.74) is 3.99. The van der Waals surface area contributed by atoms with E-state index in [1.807, 2.05) is 50.2 Å². The molecular formula is C23H23N3O3. The summed E-state index contributed by atoms with van der Waals surface area (Å²) < 4.78 is 5.61. The summed E-state index contributed by atoms with van der Waals surface area (Å²) >= 11 is 0. The molecule has 6 heteroatoms. The molecule has 148 valence electrons. The van der Waals surface area contributed by atoms with Gasteiger partial charge in [-0.05, 0) is 67.4 Å². The van der Waals surface area contributed by atoms with Gasteiger partial charge in [0.05, 0.1) is 0 Å². The van der Waals surface area contributed by atoms with Crippen molar-refractivity contribution in [2.75, 3.05) is 22.6 Å². The standard InChI is InChI=1S/C23H23N3O3/c1-16-8-9-17(2)21(14-16)29-15-22(27)24-19-10-12-20(13-11-19)26-23(28)25-18-6-4-3-5-7-18/h3-14H,15H2,1-2H3,(H,24,27)(H2,25,26,28). The van der Waals surface area contributed by atoms with Gasteiger partial charge in [-0.2, -0.15) is 0 Å². The SMILES string of the molecule is Cc1ccc(C)c(OCC(=O)Nc2ccc(NC(=O)Nc3ccccc3)cc2)c1. The number of amides is 3. The van der Waals surface area contributed by atoms with E-state index in [-0.39, 0.29) is 18.5 Å². The highest BCUT2D eigenvalue weighted by Crippen LogP contribution is 2.19. The predicted octanol–water partition coefficient (Wildman–Crippen LogP) is 4.96. The fourth-order valence-corrected chi connectivity index (χ4v) is 2.66. The van der Waals surface area contributed by atoms with Crippen LogP contribution in [-0.4, -0.2) is 18.5 Å². The van der Waals surface area contributed by atoms with Crippen molar-refractivity contribution in [2.45, 2.75) is 13.8 Å². The molecule has 0 aliphatic carbocycles. The summed E-state index contributed by atoms with van der Waals surface area (Å²) in [4.78, 5) is 24.1. The lowest BCUT2D eigenvalue weighted by atomic mass is 10.1. The van der Waals surface area contributed by atoms with Crippen molar-refractivity contribution in [2.24, 2.45) is 0 Å². The molecule has 0 fully saturated rings. The number of carbonyl (C=O) groups is 2. The van der Waals surface area contributed by atoms with Crippen LogP contribution in [0, 0.1) is 13.8 Å². The molecule has 0 spiro atoms. The summed E-state index contributed by atoms with van der Waals surface area (Å²) in [7, 11) is 0. The van der Waals surface area contributed by atoms with E-state index in [0.29, 0.717) is 22.8 Å². The maximum atomic E-state index is 12.1. The topological polar surface area (TPSA) is 79.5 Å². The fraction of sp³-hybridized carbons (Fsp3) is 0.130. The van der Waals surface area contributed by atoms with Crippen LogP contribution in [0.4, 0.5) is 21.9 Å². The number of ether oxygens (including phenoxy) is 1. The summed E-state index contributed by atoms with van der Waals surface area (Å²) in [5, 5.41) is 8.26. The van der Waals surface area contributed by atoms with E-state index in [4.69, 9.17) is 4.74 Å². The number of rotatable bonds is 6. The van der Waals surface area contributed by atoms with Gasteiger partial charge in [0.1, 0.15) is 5.75 Å². The summed E-state index contributed by atoms with van der Waals surface area (Å²) in [6, 6.07) is 21.6. The zero-order valence-corrected chi connectivity index (χ0v) is 16.4. The van der Waals surface area contributed by atoms with Crippen LogP contribution in [0.5, 0.6) is 5.75 Å². The average molecular weight is 389 g/mol. The van der Waals surface area contributed by atoms with Crippen molar-refractivity contribution in [3.05, 3.63) is 83.9 Å². The average Bonchev–Trinajstić information content (AvgIpc) is 2.71. The maximum absolute atomic E-state index is 12.1. The highest BCUT2D eigenvalue weighted by Gasteiger charge is 2.07. The summed E-state index contributed by atoms with van der Waals surface area (Å²) in [6.07, 6.45) is 0. The van der Waals surface area contributed by atoms with Gasteiger partial charge in [-0.1, -0.05) is 30.3 Å². The van der Waals surface area contributed by atoms with E-state index >= 15 is 0 Å². The number of para-hydroxylation sites is 1. The van der Waals surface area contributed by atoms with Crippen LogP contribution in [0.15, 0.2) is 72.8 Å². The molecule has 0 atom stereocenters. The molecule has 0 aliphatic rings.